The van der Waals surface area contributed by atoms with Crippen LogP contribution in [0.3, 0.4) is 0 Å². The van der Waals surface area contributed by atoms with E-state index in [1.165, 1.54) is 0 Å². The van der Waals surface area contributed by atoms with Gasteiger partial charge in [0, 0.05) is 13.0 Å². The normalized spacial score (nSPS) is 26.6. The fraction of sp³-hybridized carbons (Fsp3) is 0.875. The third-order valence-electron chi connectivity index (χ3n) is 2.01. The largest absolute Gasteiger partial charge is 0.479 e. The molecule has 1 N–H and O–H groups in total. The number of rotatable bonds is 3. The Bertz CT molecular complexity index is 154. The molecule has 1 saturated heterocycles. The van der Waals surface area contributed by atoms with Crippen LogP contribution >= 0.6 is 0 Å². The molecule has 0 aromatic heterocycles. The van der Waals surface area contributed by atoms with Crippen molar-refractivity contribution in [3.63, 3.8) is 0 Å². The molecule has 3 nitrogen and oxygen atoms in total. The van der Waals surface area contributed by atoms with Gasteiger partial charge in [-0.2, -0.15) is 0 Å². The second-order valence-corrected chi connectivity index (χ2v) is 3.03. The number of ether oxygens (including phenoxy) is 1. The van der Waals surface area contributed by atoms with Crippen LogP contribution in [0.1, 0.15) is 25.7 Å². The van der Waals surface area contributed by atoms with Crippen molar-refractivity contribution in [2.75, 3.05) is 6.61 Å². The minimum absolute atomic E-state index is 0.00463. The molecule has 1 aliphatic heterocycles. The maximum Gasteiger partial charge on any atom is 0.338 e. The molecule has 0 aromatic rings. The Kier molecular flexibility index (Phi) is 3.47. The average Bonchev–Trinajstić information content (AvgIpc) is 2.06. The van der Waals surface area contributed by atoms with Crippen molar-refractivity contribution in [2.45, 2.75) is 38.0 Å². The third-order valence-corrected chi connectivity index (χ3v) is 2.01. The summed E-state index contributed by atoms with van der Waals surface area (Å²) in [6.45, 7) is 0.636. The highest BCUT2D eigenvalue weighted by atomic mass is 19.1. The predicted octanol–water partition coefficient (Wildman–Crippen LogP) is 1.37. The lowest BCUT2D eigenvalue weighted by Crippen LogP contribution is -2.26. The van der Waals surface area contributed by atoms with E-state index in [0.29, 0.717) is 6.61 Å². The fourth-order valence-corrected chi connectivity index (χ4v) is 1.32. The summed E-state index contributed by atoms with van der Waals surface area (Å²) in [5.41, 5.74) is 0. The number of hydrogen-bond donors (Lipinski definition) is 1. The average molecular weight is 176 g/mol. The van der Waals surface area contributed by atoms with Gasteiger partial charge in [0.1, 0.15) is 0 Å². The van der Waals surface area contributed by atoms with Crippen LogP contribution in [0, 0.1) is 0 Å². The molecule has 0 spiro atoms. The molecular formula is C8H13FO3. The highest BCUT2D eigenvalue weighted by Gasteiger charge is 2.23. The van der Waals surface area contributed by atoms with E-state index in [1.54, 1.807) is 0 Å². The Morgan fingerprint density at radius 2 is 2.42 bits per heavy atom. The topological polar surface area (TPSA) is 46.5 Å². The van der Waals surface area contributed by atoms with Gasteiger partial charge >= 0.3 is 5.97 Å². The second kappa shape index (κ2) is 4.40. The van der Waals surface area contributed by atoms with E-state index in [9.17, 15) is 9.18 Å². The van der Waals surface area contributed by atoms with Crippen LogP contribution in [-0.2, 0) is 9.53 Å². The summed E-state index contributed by atoms with van der Waals surface area (Å²) in [5, 5.41) is 8.28. The smallest absolute Gasteiger partial charge is 0.338 e. The van der Waals surface area contributed by atoms with Gasteiger partial charge in [-0.25, -0.2) is 9.18 Å². The summed E-state index contributed by atoms with van der Waals surface area (Å²) in [4.78, 5) is 10.1. The van der Waals surface area contributed by atoms with E-state index < -0.39 is 12.1 Å². The van der Waals surface area contributed by atoms with Gasteiger partial charge in [0.25, 0.3) is 0 Å². The van der Waals surface area contributed by atoms with Crippen molar-refractivity contribution in [2.24, 2.45) is 0 Å². The van der Waals surface area contributed by atoms with Gasteiger partial charge in [-0.05, 0) is 19.3 Å². The molecule has 1 heterocycles. The molecule has 0 saturated carbocycles. The lowest BCUT2D eigenvalue weighted by molar-refractivity contribution is -0.144. The highest BCUT2D eigenvalue weighted by Crippen LogP contribution is 2.18. The Balaban J connectivity index is 2.24. The van der Waals surface area contributed by atoms with E-state index in [-0.39, 0.29) is 12.5 Å². The highest BCUT2D eigenvalue weighted by molar-refractivity contribution is 5.72. The summed E-state index contributed by atoms with van der Waals surface area (Å²) in [6.07, 6.45) is 0.832. The van der Waals surface area contributed by atoms with Crippen molar-refractivity contribution in [1.29, 1.82) is 0 Å². The van der Waals surface area contributed by atoms with Gasteiger partial charge in [-0.3, -0.25) is 0 Å². The van der Waals surface area contributed by atoms with Gasteiger partial charge in [-0.1, -0.05) is 0 Å². The molecule has 0 radical (unpaired) electrons. The van der Waals surface area contributed by atoms with Gasteiger partial charge < -0.3 is 9.84 Å². The van der Waals surface area contributed by atoms with Gasteiger partial charge in [-0.15, -0.1) is 0 Å². The number of halogens is 1. The predicted molar refractivity (Wildman–Crippen MR) is 40.7 cm³/mol. The van der Waals surface area contributed by atoms with Crippen LogP contribution in [0.2, 0.25) is 0 Å². The number of carboxylic acid groups (broad SMARTS) is 1. The molecule has 0 aromatic carbocycles. The molecule has 4 heteroatoms. The van der Waals surface area contributed by atoms with E-state index in [2.05, 4.69) is 0 Å². The fourth-order valence-electron chi connectivity index (χ4n) is 1.32. The maximum absolute atomic E-state index is 12.6. The first-order valence-electron chi connectivity index (χ1n) is 4.18. The first-order valence-corrected chi connectivity index (χ1v) is 4.18. The number of aliphatic carboxylic acids is 1. The molecular weight excluding hydrogens is 163 g/mol. The van der Waals surface area contributed by atoms with Crippen LogP contribution in [0.15, 0.2) is 0 Å². The van der Waals surface area contributed by atoms with Crippen molar-refractivity contribution in [3.8, 4) is 0 Å². The Morgan fingerprint density at radius 1 is 1.67 bits per heavy atom. The summed E-state index contributed by atoms with van der Waals surface area (Å²) in [7, 11) is 0. The monoisotopic (exact) mass is 176 g/mol. The molecule has 12 heavy (non-hydrogen) atoms. The summed E-state index contributed by atoms with van der Waals surface area (Å²) >= 11 is 0. The Hall–Kier alpha value is -0.640. The number of carbonyl (C=O) groups is 1. The first kappa shape index (κ1) is 9.45. The molecule has 0 aliphatic carbocycles. The van der Waals surface area contributed by atoms with E-state index in [4.69, 9.17) is 9.84 Å². The van der Waals surface area contributed by atoms with Gasteiger partial charge in [0.15, 0.2) is 6.17 Å². The Morgan fingerprint density at radius 3 is 2.92 bits per heavy atom. The Labute approximate surface area is 70.5 Å². The molecule has 2 atom stereocenters. The zero-order valence-corrected chi connectivity index (χ0v) is 6.83. The zero-order valence-electron chi connectivity index (χ0n) is 6.83. The van der Waals surface area contributed by atoms with Crippen molar-refractivity contribution in [3.05, 3.63) is 0 Å². The molecule has 2 unspecified atom stereocenters. The quantitative estimate of drug-likeness (QED) is 0.706. The standard InChI is InChI=1S/C8H13FO3/c9-7(8(10)11)5-6-3-1-2-4-12-6/h6-7H,1-5H2,(H,10,11). The van der Waals surface area contributed by atoms with E-state index in [0.717, 1.165) is 19.3 Å². The van der Waals surface area contributed by atoms with E-state index in [1.807, 2.05) is 0 Å². The zero-order chi connectivity index (χ0) is 8.97. The van der Waals surface area contributed by atoms with Crippen molar-refractivity contribution >= 4 is 5.97 Å². The molecule has 1 fully saturated rings. The van der Waals surface area contributed by atoms with Crippen LogP contribution in [0.5, 0.6) is 0 Å². The van der Waals surface area contributed by atoms with Crippen molar-refractivity contribution in [1.82, 2.24) is 0 Å². The number of alkyl halides is 1. The second-order valence-electron chi connectivity index (χ2n) is 3.03. The lowest BCUT2D eigenvalue weighted by atomic mass is 10.0. The van der Waals surface area contributed by atoms with Crippen LogP contribution in [-0.4, -0.2) is 30.0 Å². The summed E-state index contributed by atoms with van der Waals surface area (Å²) in [6, 6.07) is 0. The van der Waals surface area contributed by atoms with Crippen molar-refractivity contribution < 1.29 is 19.0 Å². The van der Waals surface area contributed by atoms with Gasteiger partial charge in [0.2, 0.25) is 0 Å². The van der Waals surface area contributed by atoms with Gasteiger partial charge in [0.05, 0.1) is 6.10 Å². The molecule has 0 amide bonds. The molecule has 1 rings (SSSR count). The minimum Gasteiger partial charge on any atom is -0.479 e. The van der Waals surface area contributed by atoms with Crippen LogP contribution < -0.4 is 0 Å². The van der Waals surface area contributed by atoms with Crippen LogP contribution in [0.25, 0.3) is 0 Å². The van der Waals surface area contributed by atoms with E-state index >= 15 is 0 Å². The summed E-state index contributed by atoms with van der Waals surface area (Å²) in [5.74, 6) is -1.39. The number of carboxylic acids is 1. The molecule has 1 aliphatic rings. The van der Waals surface area contributed by atoms with Crippen LogP contribution in [0.4, 0.5) is 4.39 Å². The third kappa shape index (κ3) is 2.77. The lowest BCUT2D eigenvalue weighted by Gasteiger charge is -2.22. The SMILES string of the molecule is O=C(O)C(F)CC1CCCCO1. The minimum atomic E-state index is -1.77. The molecule has 0 bridgehead atoms. The molecule has 70 valence electrons. The first-order chi connectivity index (χ1) is 5.70. The summed E-state index contributed by atoms with van der Waals surface area (Å²) < 4.78 is 17.8. The number of hydrogen-bond acceptors (Lipinski definition) is 2. The maximum atomic E-state index is 12.6.